The number of halogens is 4. The highest BCUT2D eigenvalue weighted by Crippen LogP contribution is 2.34. The largest absolute Gasteiger partial charge is 0.435 e. The minimum absolute atomic E-state index is 0.182. The fourth-order valence-electron chi connectivity index (χ4n) is 2.92. The first kappa shape index (κ1) is 21.9. The zero-order valence-electron chi connectivity index (χ0n) is 16.2. The topological polar surface area (TPSA) is 56.1 Å². The molecule has 0 saturated heterocycles. The monoisotopic (exact) mass is 437 g/mol. The van der Waals surface area contributed by atoms with Crippen molar-refractivity contribution in [3.8, 4) is 16.9 Å². The molecule has 1 unspecified atom stereocenters. The number of methoxy groups -OCH3 is 1. The number of para-hydroxylation sites is 1. The molecule has 0 bridgehead atoms. The quantitative estimate of drug-likeness (QED) is 0.592. The maximum Gasteiger partial charge on any atom is 0.435 e. The lowest BCUT2D eigenvalue weighted by molar-refractivity contribution is -0.141. The Morgan fingerprint density at radius 1 is 1.20 bits per heavy atom. The predicted molar refractivity (Wildman–Crippen MR) is 108 cm³/mol. The minimum Gasteiger partial charge on any atom is -0.383 e. The first-order valence-electron chi connectivity index (χ1n) is 9.03. The SMILES string of the molecule is COCC(C)NC(=O)c1ccc(-c2cc(C(F)(F)F)nn2-c2ccccc2Cl)cc1. The molecule has 1 N–H and O–H groups in total. The second kappa shape index (κ2) is 8.89. The van der Waals surface area contributed by atoms with E-state index in [1.807, 2.05) is 0 Å². The summed E-state index contributed by atoms with van der Waals surface area (Å²) in [6.07, 6.45) is -4.61. The van der Waals surface area contributed by atoms with Gasteiger partial charge in [0.2, 0.25) is 0 Å². The second-order valence-corrected chi connectivity index (χ2v) is 7.09. The molecule has 1 heterocycles. The molecular weight excluding hydrogens is 419 g/mol. The molecule has 9 heteroatoms. The number of benzene rings is 2. The summed E-state index contributed by atoms with van der Waals surface area (Å²) < 4.78 is 46.0. The van der Waals surface area contributed by atoms with E-state index in [2.05, 4.69) is 10.4 Å². The van der Waals surface area contributed by atoms with Crippen LogP contribution in [0.5, 0.6) is 0 Å². The molecule has 0 radical (unpaired) electrons. The highest BCUT2D eigenvalue weighted by atomic mass is 35.5. The molecule has 2 aromatic carbocycles. The molecule has 30 heavy (non-hydrogen) atoms. The number of amides is 1. The van der Waals surface area contributed by atoms with Crippen LogP contribution in [0.15, 0.2) is 54.6 Å². The number of aromatic nitrogens is 2. The number of hydrogen-bond donors (Lipinski definition) is 1. The lowest BCUT2D eigenvalue weighted by Crippen LogP contribution is -2.35. The Bertz CT molecular complexity index is 1030. The van der Waals surface area contributed by atoms with Gasteiger partial charge in [-0.05, 0) is 37.3 Å². The van der Waals surface area contributed by atoms with E-state index in [0.29, 0.717) is 23.4 Å². The first-order chi connectivity index (χ1) is 14.2. The molecule has 5 nitrogen and oxygen atoms in total. The molecule has 158 valence electrons. The number of carbonyl (C=O) groups excluding carboxylic acids is 1. The van der Waals surface area contributed by atoms with Gasteiger partial charge < -0.3 is 10.1 Å². The third-order valence-electron chi connectivity index (χ3n) is 4.32. The maximum atomic E-state index is 13.3. The van der Waals surface area contributed by atoms with E-state index in [1.54, 1.807) is 55.5 Å². The summed E-state index contributed by atoms with van der Waals surface area (Å²) in [5.74, 6) is -0.304. The maximum absolute atomic E-state index is 13.3. The Hall–Kier alpha value is -2.84. The van der Waals surface area contributed by atoms with Gasteiger partial charge in [0.1, 0.15) is 0 Å². The molecule has 3 aromatic rings. The van der Waals surface area contributed by atoms with Gasteiger partial charge in [-0.3, -0.25) is 4.79 Å². The molecule has 0 aliphatic rings. The molecular formula is C21H19ClF3N3O2. The van der Waals surface area contributed by atoms with Gasteiger partial charge in [0, 0.05) is 24.3 Å². The summed E-state index contributed by atoms with van der Waals surface area (Å²) in [7, 11) is 1.54. The van der Waals surface area contributed by atoms with E-state index in [0.717, 1.165) is 10.7 Å². The van der Waals surface area contributed by atoms with Crippen molar-refractivity contribution in [1.82, 2.24) is 15.1 Å². The van der Waals surface area contributed by atoms with E-state index in [9.17, 15) is 18.0 Å². The van der Waals surface area contributed by atoms with Crippen molar-refractivity contribution in [3.63, 3.8) is 0 Å². The average molecular weight is 438 g/mol. The number of nitrogens with zero attached hydrogens (tertiary/aromatic N) is 2. The molecule has 0 fully saturated rings. The van der Waals surface area contributed by atoms with Crippen molar-refractivity contribution in [1.29, 1.82) is 0 Å². The van der Waals surface area contributed by atoms with Crippen molar-refractivity contribution in [2.75, 3.05) is 13.7 Å². The summed E-state index contributed by atoms with van der Waals surface area (Å²) in [4.78, 5) is 12.3. The standard InChI is InChI=1S/C21H19ClF3N3O2/c1-13(12-30-2)26-20(29)15-9-7-14(8-10-15)18-11-19(21(23,24)25)27-28(18)17-6-4-3-5-16(17)22/h3-11,13H,12H2,1-2H3,(H,26,29). The van der Waals surface area contributed by atoms with E-state index in [4.69, 9.17) is 16.3 Å². The zero-order chi connectivity index (χ0) is 21.9. The number of hydrogen-bond acceptors (Lipinski definition) is 3. The smallest absolute Gasteiger partial charge is 0.383 e. The summed E-state index contributed by atoms with van der Waals surface area (Å²) >= 11 is 6.18. The number of nitrogens with one attached hydrogen (secondary N) is 1. The van der Waals surface area contributed by atoms with Crippen LogP contribution in [-0.4, -0.2) is 35.4 Å². The summed E-state index contributed by atoms with van der Waals surface area (Å²) in [6, 6.07) is 13.5. The number of ether oxygens (including phenoxy) is 1. The van der Waals surface area contributed by atoms with Crippen LogP contribution >= 0.6 is 11.6 Å². The van der Waals surface area contributed by atoms with Gasteiger partial charge in [-0.1, -0.05) is 35.9 Å². The summed E-state index contributed by atoms with van der Waals surface area (Å²) in [6.45, 7) is 2.16. The molecule has 0 spiro atoms. The van der Waals surface area contributed by atoms with Gasteiger partial charge in [-0.15, -0.1) is 0 Å². The van der Waals surface area contributed by atoms with E-state index in [-0.39, 0.29) is 22.7 Å². The Kier molecular flexibility index (Phi) is 6.48. The third kappa shape index (κ3) is 4.83. The molecule has 1 aromatic heterocycles. The van der Waals surface area contributed by atoms with Crippen LogP contribution in [0.4, 0.5) is 13.2 Å². The molecule has 0 aliphatic carbocycles. The van der Waals surface area contributed by atoms with Crippen molar-refractivity contribution in [2.45, 2.75) is 19.1 Å². The molecule has 3 rings (SSSR count). The Labute approximate surface area is 176 Å². The first-order valence-corrected chi connectivity index (χ1v) is 9.41. The normalized spacial score (nSPS) is 12.6. The average Bonchev–Trinajstić information content (AvgIpc) is 3.14. The highest BCUT2D eigenvalue weighted by molar-refractivity contribution is 6.32. The lowest BCUT2D eigenvalue weighted by Gasteiger charge is -2.13. The Balaban J connectivity index is 1.98. The van der Waals surface area contributed by atoms with Crippen LogP contribution in [0.25, 0.3) is 16.9 Å². The van der Waals surface area contributed by atoms with Crippen molar-refractivity contribution in [2.24, 2.45) is 0 Å². The fourth-order valence-corrected chi connectivity index (χ4v) is 3.14. The van der Waals surface area contributed by atoms with Gasteiger partial charge in [-0.2, -0.15) is 18.3 Å². The Morgan fingerprint density at radius 3 is 2.47 bits per heavy atom. The number of carbonyl (C=O) groups is 1. The molecule has 0 aliphatic heterocycles. The van der Waals surface area contributed by atoms with Crippen LogP contribution < -0.4 is 5.32 Å². The predicted octanol–water partition coefficient (Wildman–Crippen LogP) is 4.98. The molecule has 1 amide bonds. The second-order valence-electron chi connectivity index (χ2n) is 6.68. The Morgan fingerprint density at radius 2 is 1.87 bits per heavy atom. The van der Waals surface area contributed by atoms with Gasteiger partial charge in [-0.25, -0.2) is 4.68 Å². The highest BCUT2D eigenvalue weighted by Gasteiger charge is 2.35. The fraction of sp³-hybridized carbons (Fsp3) is 0.238. The van der Waals surface area contributed by atoms with Crippen molar-refractivity contribution >= 4 is 17.5 Å². The summed E-state index contributed by atoms with van der Waals surface area (Å²) in [5.41, 5.74) is 0.323. The minimum atomic E-state index is -4.61. The van der Waals surface area contributed by atoms with Crippen LogP contribution in [-0.2, 0) is 10.9 Å². The number of rotatable bonds is 6. The van der Waals surface area contributed by atoms with Gasteiger partial charge >= 0.3 is 6.18 Å². The zero-order valence-corrected chi connectivity index (χ0v) is 17.0. The van der Waals surface area contributed by atoms with Crippen LogP contribution in [0.2, 0.25) is 5.02 Å². The van der Waals surface area contributed by atoms with Crippen molar-refractivity contribution < 1.29 is 22.7 Å². The van der Waals surface area contributed by atoms with Crippen molar-refractivity contribution in [3.05, 3.63) is 70.9 Å². The lowest BCUT2D eigenvalue weighted by atomic mass is 10.1. The molecule has 0 saturated carbocycles. The van der Waals surface area contributed by atoms with Crippen LogP contribution in [0, 0.1) is 0 Å². The van der Waals surface area contributed by atoms with Gasteiger partial charge in [0.25, 0.3) is 5.91 Å². The third-order valence-corrected chi connectivity index (χ3v) is 4.64. The summed E-state index contributed by atoms with van der Waals surface area (Å²) in [5, 5.41) is 6.76. The molecule has 1 atom stereocenters. The van der Waals surface area contributed by atoms with E-state index >= 15 is 0 Å². The van der Waals surface area contributed by atoms with Crippen LogP contribution in [0.1, 0.15) is 23.0 Å². The van der Waals surface area contributed by atoms with E-state index < -0.39 is 11.9 Å². The van der Waals surface area contributed by atoms with Gasteiger partial charge in [0.15, 0.2) is 5.69 Å². The van der Waals surface area contributed by atoms with Gasteiger partial charge in [0.05, 0.1) is 23.0 Å². The number of alkyl halides is 3. The van der Waals surface area contributed by atoms with Crippen LogP contribution in [0.3, 0.4) is 0 Å². The van der Waals surface area contributed by atoms with E-state index in [1.165, 1.54) is 7.11 Å².